The van der Waals surface area contributed by atoms with E-state index in [0.717, 1.165) is 10.9 Å². The molecule has 1 aromatic carbocycles. The minimum absolute atomic E-state index is 0.369. The van der Waals surface area contributed by atoms with Gasteiger partial charge in [-0.25, -0.2) is 4.79 Å². The van der Waals surface area contributed by atoms with E-state index in [9.17, 15) is 4.79 Å². The number of hydrogen-bond acceptors (Lipinski definition) is 4. The number of rotatable bonds is 1. The first-order chi connectivity index (χ1) is 7.13. The number of esters is 1. The van der Waals surface area contributed by atoms with E-state index in [0.29, 0.717) is 11.3 Å². The van der Waals surface area contributed by atoms with Gasteiger partial charge in [0.05, 0.1) is 24.4 Å². The van der Waals surface area contributed by atoms with Crippen LogP contribution in [-0.2, 0) is 11.8 Å². The first-order valence-corrected chi connectivity index (χ1v) is 4.43. The predicted molar refractivity (Wildman–Crippen MR) is 56.5 cm³/mol. The fourth-order valence-corrected chi connectivity index (χ4v) is 1.50. The fourth-order valence-electron chi connectivity index (χ4n) is 1.50. The lowest BCUT2D eigenvalue weighted by Crippen LogP contribution is -2.05. The highest BCUT2D eigenvalue weighted by atomic mass is 16.5. The van der Waals surface area contributed by atoms with Gasteiger partial charge in [-0.2, -0.15) is 5.10 Å². The topological polar surface area (TPSA) is 70.1 Å². The molecule has 2 aromatic rings. The van der Waals surface area contributed by atoms with Crippen LogP contribution in [-0.4, -0.2) is 22.9 Å². The van der Waals surface area contributed by atoms with Crippen molar-refractivity contribution < 1.29 is 9.53 Å². The number of nitrogens with zero attached hydrogens (tertiary/aromatic N) is 2. The van der Waals surface area contributed by atoms with Crippen molar-refractivity contribution in [1.82, 2.24) is 9.78 Å². The summed E-state index contributed by atoms with van der Waals surface area (Å²) < 4.78 is 6.32. The molecule has 0 aliphatic carbocycles. The number of methoxy groups -OCH3 is 1. The standard InChI is InChI=1S/C10H11N3O2/c1-13-9-4-7(10(14)15-2)8(11)3-6(9)5-12-13/h3-5H,11H2,1-2H3. The van der Waals surface area contributed by atoms with Crippen LogP contribution in [0, 0.1) is 0 Å². The number of anilines is 1. The molecular formula is C10H11N3O2. The Balaban J connectivity index is 2.70. The Bertz CT molecular complexity index is 531. The number of nitrogen functional groups attached to an aromatic ring is 1. The number of hydrogen-bond donors (Lipinski definition) is 1. The van der Waals surface area contributed by atoms with Crippen LogP contribution < -0.4 is 5.73 Å². The molecule has 0 spiro atoms. The molecule has 5 heteroatoms. The lowest BCUT2D eigenvalue weighted by molar-refractivity contribution is 0.0602. The third-order valence-corrected chi connectivity index (χ3v) is 2.32. The highest BCUT2D eigenvalue weighted by Gasteiger charge is 2.12. The van der Waals surface area contributed by atoms with Gasteiger partial charge in [0, 0.05) is 18.1 Å². The number of ether oxygens (including phenoxy) is 1. The zero-order chi connectivity index (χ0) is 11.0. The Morgan fingerprint density at radius 3 is 2.93 bits per heavy atom. The summed E-state index contributed by atoms with van der Waals surface area (Å²) in [6.45, 7) is 0. The highest BCUT2D eigenvalue weighted by molar-refractivity contribution is 6.00. The number of aryl methyl sites for hydroxylation is 1. The maximum atomic E-state index is 11.4. The molecular weight excluding hydrogens is 194 g/mol. The number of aromatic nitrogens is 2. The van der Waals surface area contributed by atoms with Gasteiger partial charge in [0.2, 0.25) is 0 Å². The molecule has 5 nitrogen and oxygen atoms in total. The van der Waals surface area contributed by atoms with Gasteiger partial charge >= 0.3 is 5.97 Å². The van der Waals surface area contributed by atoms with Gasteiger partial charge in [-0.3, -0.25) is 4.68 Å². The van der Waals surface area contributed by atoms with E-state index in [1.54, 1.807) is 30.1 Å². The maximum absolute atomic E-state index is 11.4. The quantitative estimate of drug-likeness (QED) is 0.555. The summed E-state index contributed by atoms with van der Waals surface area (Å²) in [5, 5.41) is 4.98. The summed E-state index contributed by atoms with van der Waals surface area (Å²) in [7, 11) is 3.13. The van der Waals surface area contributed by atoms with Crippen LogP contribution >= 0.6 is 0 Å². The molecule has 0 aliphatic rings. The zero-order valence-electron chi connectivity index (χ0n) is 8.52. The number of benzene rings is 1. The van der Waals surface area contributed by atoms with E-state index in [-0.39, 0.29) is 0 Å². The summed E-state index contributed by atoms with van der Waals surface area (Å²) in [5.74, 6) is -0.435. The van der Waals surface area contributed by atoms with Gasteiger partial charge in [0.25, 0.3) is 0 Å². The van der Waals surface area contributed by atoms with Crippen molar-refractivity contribution in [3.8, 4) is 0 Å². The van der Waals surface area contributed by atoms with Gasteiger partial charge in [0.15, 0.2) is 0 Å². The van der Waals surface area contributed by atoms with Crippen LogP contribution in [0.25, 0.3) is 10.9 Å². The van der Waals surface area contributed by atoms with E-state index in [1.165, 1.54) is 7.11 Å². The second-order valence-electron chi connectivity index (χ2n) is 3.26. The largest absolute Gasteiger partial charge is 0.465 e. The maximum Gasteiger partial charge on any atom is 0.340 e. The summed E-state index contributed by atoms with van der Waals surface area (Å²) in [6, 6.07) is 3.40. The average Bonchev–Trinajstić information content (AvgIpc) is 2.58. The summed E-state index contributed by atoms with van der Waals surface area (Å²) in [5.41, 5.74) is 7.36. The summed E-state index contributed by atoms with van der Waals surface area (Å²) in [6.07, 6.45) is 1.70. The van der Waals surface area contributed by atoms with Crippen molar-refractivity contribution in [1.29, 1.82) is 0 Å². The fraction of sp³-hybridized carbons (Fsp3) is 0.200. The second kappa shape index (κ2) is 3.27. The highest BCUT2D eigenvalue weighted by Crippen LogP contribution is 2.21. The molecule has 0 atom stereocenters. The molecule has 0 saturated carbocycles. The first kappa shape index (κ1) is 9.51. The van der Waals surface area contributed by atoms with Crippen LogP contribution in [0.5, 0.6) is 0 Å². The number of carbonyl (C=O) groups excluding carboxylic acids is 1. The minimum Gasteiger partial charge on any atom is -0.465 e. The average molecular weight is 205 g/mol. The van der Waals surface area contributed by atoms with E-state index < -0.39 is 5.97 Å². The number of carbonyl (C=O) groups is 1. The normalized spacial score (nSPS) is 10.5. The molecule has 78 valence electrons. The molecule has 2 N–H and O–H groups in total. The number of nitrogens with two attached hydrogens (primary N) is 1. The number of fused-ring (bicyclic) bond motifs is 1. The molecule has 1 aromatic heterocycles. The molecule has 0 saturated heterocycles. The van der Waals surface area contributed by atoms with Crippen LogP contribution in [0.3, 0.4) is 0 Å². The van der Waals surface area contributed by atoms with E-state index in [2.05, 4.69) is 9.84 Å². The van der Waals surface area contributed by atoms with Crippen molar-refractivity contribution in [3.05, 3.63) is 23.9 Å². The van der Waals surface area contributed by atoms with Crippen molar-refractivity contribution in [2.75, 3.05) is 12.8 Å². The molecule has 0 bridgehead atoms. The minimum atomic E-state index is -0.435. The van der Waals surface area contributed by atoms with Crippen molar-refractivity contribution >= 4 is 22.6 Å². The second-order valence-corrected chi connectivity index (χ2v) is 3.26. The monoisotopic (exact) mass is 205 g/mol. The Hall–Kier alpha value is -2.04. The van der Waals surface area contributed by atoms with Gasteiger partial charge in [-0.05, 0) is 12.1 Å². The third kappa shape index (κ3) is 1.41. The van der Waals surface area contributed by atoms with E-state index in [4.69, 9.17) is 5.73 Å². The summed E-state index contributed by atoms with van der Waals surface area (Å²) in [4.78, 5) is 11.4. The van der Waals surface area contributed by atoms with Gasteiger partial charge in [-0.15, -0.1) is 0 Å². The van der Waals surface area contributed by atoms with Crippen LogP contribution in [0.4, 0.5) is 5.69 Å². The molecule has 0 radical (unpaired) electrons. The van der Waals surface area contributed by atoms with Crippen molar-refractivity contribution in [2.45, 2.75) is 0 Å². The van der Waals surface area contributed by atoms with E-state index in [1.807, 2.05) is 0 Å². The summed E-state index contributed by atoms with van der Waals surface area (Å²) >= 11 is 0. The van der Waals surface area contributed by atoms with Gasteiger partial charge in [-0.1, -0.05) is 0 Å². The van der Waals surface area contributed by atoms with Crippen LogP contribution in [0.1, 0.15) is 10.4 Å². The van der Waals surface area contributed by atoms with Crippen LogP contribution in [0.15, 0.2) is 18.3 Å². The Labute approximate surface area is 86.4 Å². The predicted octanol–water partition coefficient (Wildman–Crippen LogP) is 0.942. The van der Waals surface area contributed by atoms with Crippen LogP contribution in [0.2, 0.25) is 0 Å². The van der Waals surface area contributed by atoms with Gasteiger partial charge < -0.3 is 10.5 Å². The third-order valence-electron chi connectivity index (χ3n) is 2.32. The lowest BCUT2D eigenvalue weighted by Gasteiger charge is -2.04. The molecule has 0 unspecified atom stereocenters. The Morgan fingerprint density at radius 2 is 2.27 bits per heavy atom. The molecule has 0 aliphatic heterocycles. The molecule has 0 fully saturated rings. The van der Waals surface area contributed by atoms with Crippen molar-refractivity contribution in [2.24, 2.45) is 7.05 Å². The zero-order valence-corrected chi connectivity index (χ0v) is 8.52. The smallest absolute Gasteiger partial charge is 0.340 e. The Morgan fingerprint density at radius 1 is 1.53 bits per heavy atom. The molecule has 15 heavy (non-hydrogen) atoms. The van der Waals surface area contributed by atoms with E-state index >= 15 is 0 Å². The first-order valence-electron chi connectivity index (χ1n) is 4.43. The Kier molecular flexibility index (Phi) is 2.07. The van der Waals surface area contributed by atoms with Gasteiger partial charge in [0.1, 0.15) is 0 Å². The molecule has 2 rings (SSSR count). The molecule has 0 amide bonds. The lowest BCUT2D eigenvalue weighted by atomic mass is 10.1. The molecule has 1 heterocycles. The van der Waals surface area contributed by atoms with Crippen molar-refractivity contribution in [3.63, 3.8) is 0 Å². The SMILES string of the molecule is COC(=O)c1cc2c(cnn2C)cc1N.